The minimum atomic E-state index is 0.284. The number of hydrogen-bond donors (Lipinski definition) is 1. The summed E-state index contributed by atoms with van der Waals surface area (Å²) in [5.41, 5.74) is 6.62. The maximum absolute atomic E-state index is 12.6. The zero-order chi connectivity index (χ0) is 24.9. The summed E-state index contributed by atoms with van der Waals surface area (Å²) in [4.78, 5) is 23.1. The van der Waals surface area contributed by atoms with Crippen molar-refractivity contribution in [3.05, 3.63) is 72.9 Å². The lowest BCUT2D eigenvalue weighted by Gasteiger charge is -2.18. The van der Waals surface area contributed by atoms with Gasteiger partial charge in [0.15, 0.2) is 0 Å². The Hall–Kier alpha value is -4.06. The van der Waals surface area contributed by atoms with Crippen molar-refractivity contribution in [2.24, 2.45) is 11.8 Å². The summed E-state index contributed by atoms with van der Waals surface area (Å²) >= 11 is 0. The van der Waals surface area contributed by atoms with Crippen LogP contribution in [0.15, 0.2) is 72.9 Å². The van der Waals surface area contributed by atoms with Gasteiger partial charge in [-0.3, -0.25) is 4.79 Å². The van der Waals surface area contributed by atoms with Crippen LogP contribution in [0.3, 0.4) is 0 Å². The van der Waals surface area contributed by atoms with E-state index in [1.165, 1.54) is 16.5 Å². The zero-order valence-corrected chi connectivity index (χ0v) is 21.0. The number of ether oxygens (including phenoxy) is 1. The van der Waals surface area contributed by atoms with Gasteiger partial charge in [0.05, 0.1) is 18.1 Å². The maximum Gasteiger partial charge on any atom is 0.225 e. The monoisotopic (exact) mass is 490 g/mol. The number of carbonyl (C=O) groups excluding carboxylic acids is 1. The van der Waals surface area contributed by atoms with E-state index in [-0.39, 0.29) is 5.92 Å². The van der Waals surface area contributed by atoms with Gasteiger partial charge in [-0.05, 0) is 66.0 Å². The van der Waals surface area contributed by atoms with Crippen molar-refractivity contribution in [2.45, 2.75) is 25.8 Å². The number of imidazole rings is 1. The topological polar surface area (TPSA) is 63.1 Å². The van der Waals surface area contributed by atoms with Crippen molar-refractivity contribution in [2.75, 3.05) is 20.2 Å². The first-order valence-electron chi connectivity index (χ1n) is 13.2. The van der Waals surface area contributed by atoms with Gasteiger partial charge < -0.3 is 19.2 Å². The molecule has 3 heterocycles. The molecule has 3 aromatic carbocycles. The third-order valence-corrected chi connectivity index (χ3v) is 7.95. The first-order chi connectivity index (χ1) is 18.2. The van der Waals surface area contributed by atoms with E-state index in [1.807, 2.05) is 18.3 Å². The van der Waals surface area contributed by atoms with Crippen LogP contribution in [-0.2, 0) is 11.3 Å². The lowest BCUT2D eigenvalue weighted by atomic mass is 10.0. The highest BCUT2D eigenvalue weighted by atomic mass is 16.5. The van der Waals surface area contributed by atoms with Crippen molar-refractivity contribution < 1.29 is 9.53 Å². The van der Waals surface area contributed by atoms with Crippen LogP contribution < -0.4 is 4.74 Å². The lowest BCUT2D eigenvalue weighted by molar-refractivity contribution is -0.131. The van der Waals surface area contributed by atoms with Crippen LogP contribution in [-0.4, -0.2) is 45.5 Å². The average molecular weight is 491 g/mol. The number of rotatable bonds is 6. The SMILES string of the molecule is COc1ccc2c(c1)nc(-c1ccc(-c3ccc4cc[nH]c4c3)cc1)n2CC1CCN(C(=O)C2CC2)C1. The molecule has 186 valence electrons. The van der Waals surface area contributed by atoms with Gasteiger partial charge in [-0.25, -0.2) is 4.98 Å². The molecule has 5 aromatic rings. The van der Waals surface area contributed by atoms with Crippen LogP contribution in [0.1, 0.15) is 19.3 Å². The Labute approximate surface area is 215 Å². The molecular formula is C31H30N4O2. The molecule has 1 saturated carbocycles. The number of likely N-dealkylation sites (tertiary alicyclic amines) is 1. The summed E-state index contributed by atoms with van der Waals surface area (Å²) in [5, 5.41) is 1.22. The Balaban J connectivity index is 1.22. The van der Waals surface area contributed by atoms with Crippen LogP contribution in [0.5, 0.6) is 5.75 Å². The number of nitrogens with one attached hydrogen (secondary N) is 1. The fourth-order valence-electron chi connectivity index (χ4n) is 5.71. The molecule has 1 atom stereocenters. The third kappa shape index (κ3) is 4.06. The van der Waals surface area contributed by atoms with Gasteiger partial charge in [-0.15, -0.1) is 0 Å². The first-order valence-corrected chi connectivity index (χ1v) is 13.2. The lowest BCUT2D eigenvalue weighted by Crippen LogP contribution is -2.30. The Kier molecular flexibility index (Phi) is 5.27. The minimum Gasteiger partial charge on any atom is -0.497 e. The highest BCUT2D eigenvalue weighted by Gasteiger charge is 2.36. The third-order valence-electron chi connectivity index (χ3n) is 7.95. The number of fused-ring (bicyclic) bond motifs is 2. The normalized spacial score (nSPS) is 17.6. The van der Waals surface area contributed by atoms with Gasteiger partial charge in [-0.1, -0.05) is 36.4 Å². The van der Waals surface area contributed by atoms with E-state index in [0.29, 0.717) is 11.8 Å². The highest BCUT2D eigenvalue weighted by Crippen LogP contribution is 2.35. The van der Waals surface area contributed by atoms with Gasteiger partial charge in [0.2, 0.25) is 5.91 Å². The van der Waals surface area contributed by atoms with E-state index in [4.69, 9.17) is 9.72 Å². The second-order valence-electron chi connectivity index (χ2n) is 10.5. The molecule has 6 nitrogen and oxygen atoms in total. The minimum absolute atomic E-state index is 0.284. The summed E-state index contributed by atoms with van der Waals surface area (Å²) < 4.78 is 7.81. The first kappa shape index (κ1) is 22.2. The summed E-state index contributed by atoms with van der Waals surface area (Å²) in [5.74, 6) is 2.83. The largest absolute Gasteiger partial charge is 0.497 e. The quantitative estimate of drug-likeness (QED) is 0.312. The highest BCUT2D eigenvalue weighted by molar-refractivity contribution is 5.86. The molecule has 1 N–H and O–H groups in total. The average Bonchev–Trinajstić information content (AvgIpc) is 3.33. The van der Waals surface area contributed by atoms with Crippen molar-refractivity contribution in [1.82, 2.24) is 19.4 Å². The van der Waals surface area contributed by atoms with Gasteiger partial charge in [0, 0.05) is 48.9 Å². The van der Waals surface area contributed by atoms with Gasteiger partial charge in [0.1, 0.15) is 11.6 Å². The van der Waals surface area contributed by atoms with Crippen LogP contribution in [0, 0.1) is 11.8 Å². The number of aromatic nitrogens is 3. The van der Waals surface area contributed by atoms with Crippen LogP contribution in [0.2, 0.25) is 0 Å². The molecule has 6 heteroatoms. The van der Waals surface area contributed by atoms with Crippen molar-refractivity contribution in [3.63, 3.8) is 0 Å². The van der Waals surface area contributed by atoms with E-state index in [1.54, 1.807) is 7.11 Å². The summed E-state index contributed by atoms with van der Waals surface area (Å²) in [6.07, 6.45) is 5.14. The molecule has 0 radical (unpaired) electrons. The molecular weight excluding hydrogens is 460 g/mol. The van der Waals surface area contributed by atoms with E-state index in [0.717, 1.165) is 72.6 Å². The van der Waals surface area contributed by atoms with E-state index >= 15 is 0 Å². The molecule has 37 heavy (non-hydrogen) atoms. The smallest absolute Gasteiger partial charge is 0.225 e. The number of H-pyrrole nitrogens is 1. The Morgan fingerprint density at radius 1 is 0.973 bits per heavy atom. The van der Waals surface area contributed by atoms with Crippen molar-refractivity contribution >= 4 is 27.8 Å². The second-order valence-corrected chi connectivity index (χ2v) is 10.5. The molecule has 1 amide bonds. The number of carbonyl (C=O) groups is 1. The molecule has 0 spiro atoms. The van der Waals surface area contributed by atoms with Crippen molar-refractivity contribution in [3.8, 4) is 28.3 Å². The Morgan fingerprint density at radius 3 is 2.59 bits per heavy atom. The molecule has 1 aliphatic heterocycles. The predicted octanol–water partition coefficient (Wildman–Crippen LogP) is 6.12. The number of nitrogens with zero attached hydrogens (tertiary/aromatic N) is 3. The number of hydrogen-bond acceptors (Lipinski definition) is 3. The molecule has 2 aliphatic rings. The van der Waals surface area contributed by atoms with Gasteiger partial charge in [-0.2, -0.15) is 0 Å². The van der Waals surface area contributed by atoms with E-state index in [9.17, 15) is 4.79 Å². The number of benzene rings is 3. The second kappa shape index (κ2) is 8.80. The summed E-state index contributed by atoms with van der Waals surface area (Å²) in [6, 6.07) is 23.4. The molecule has 1 unspecified atom stereocenters. The number of amides is 1. The van der Waals surface area contributed by atoms with Crippen LogP contribution in [0.4, 0.5) is 0 Å². The molecule has 1 aliphatic carbocycles. The molecule has 2 fully saturated rings. The van der Waals surface area contributed by atoms with E-state index < -0.39 is 0 Å². The Morgan fingerprint density at radius 2 is 1.78 bits per heavy atom. The standard InChI is InChI=1S/C31H30N4O2/c1-37-26-10-11-29-28(17-26)33-30(35(29)19-20-13-15-34(18-20)31(36)24-7-8-24)23-5-2-21(3-6-23)25-9-4-22-12-14-32-27(22)16-25/h2-6,9-12,14,16-17,20,24,32H,7-8,13,15,18-19H2,1H3. The number of aromatic amines is 1. The van der Waals surface area contributed by atoms with Gasteiger partial charge in [0.25, 0.3) is 0 Å². The van der Waals surface area contributed by atoms with Gasteiger partial charge >= 0.3 is 0 Å². The summed E-state index contributed by atoms with van der Waals surface area (Å²) in [7, 11) is 1.69. The van der Waals surface area contributed by atoms with Crippen molar-refractivity contribution in [1.29, 1.82) is 0 Å². The molecule has 0 bridgehead atoms. The van der Waals surface area contributed by atoms with Crippen LogP contribution in [0.25, 0.3) is 44.5 Å². The fourth-order valence-corrected chi connectivity index (χ4v) is 5.71. The number of methoxy groups -OCH3 is 1. The molecule has 7 rings (SSSR count). The Bertz CT molecular complexity index is 1610. The predicted molar refractivity (Wildman–Crippen MR) is 146 cm³/mol. The fraction of sp³-hybridized carbons (Fsp3) is 0.290. The molecule has 2 aromatic heterocycles. The summed E-state index contributed by atoms with van der Waals surface area (Å²) in [6.45, 7) is 2.55. The molecule has 1 saturated heterocycles. The maximum atomic E-state index is 12.6. The zero-order valence-electron chi connectivity index (χ0n) is 21.0. The van der Waals surface area contributed by atoms with E-state index in [2.05, 4.69) is 69.0 Å². The van der Waals surface area contributed by atoms with Crippen LogP contribution >= 0.6 is 0 Å².